The summed E-state index contributed by atoms with van der Waals surface area (Å²) in [4.78, 5) is 22.1. The predicted octanol–water partition coefficient (Wildman–Crippen LogP) is 0.958. The largest absolute Gasteiger partial charge is 0.508 e. The Hall–Kier alpha value is -2.16. The minimum Gasteiger partial charge on any atom is -0.508 e. The Kier molecular flexibility index (Phi) is 6.16. The van der Waals surface area contributed by atoms with Gasteiger partial charge in [0.05, 0.1) is 0 Å². The molecule has 160 valence electrons. The lowest BCUT2D eigenvalue weighted by molar-refractivity contribution is -0.165. The Morgan fingerprint density at radius 1 is 1.10 bits per heavy atom. The smallest absolute Gasteiger partial charge is 0.335 e. The van der Waals surface area contributed by atoms with E-state index in [1.807, 2.05) is 6.07 Å². The van der Waals surface area contributed by atoms with Gasteiger partial charge in [0.25, 0.3) is 0 Å². The van der Waals surface area contributed by atoms with Crippen molar-refractivity contribution < 1.29 is 35.1 Å². The summed E-state index contributed by atoms with van der Waals surface area (Å²) in [5.41, 5.74) is 3.36. The van der Waals surface area contributed by atoms with E-state index in [1.54, 1.807) is 0 Å². The molecule has 0 amide bonds. The number of carboxylic acids is 2. The third-order valence-corrected chi connectivity index (χ3v) is 6.90. The summed E-state index contributed by atoms with van der Waals surface area (Å²) in [6.07, 6.45) is 3.39. The van der Waals surface area contributed by atoms with E-state index in [-0.39, 0.29) is 0 Å². The summed E-state index contributed by atoms with van der Waals surface area (Å²) in [5.74, 6) is -2.27. The number of likely N-dealkylation sites (N-methyl/N-ethyl adjacent to an activating group) is 1. The Morgan fingerprint density at radius 3 is 2.38 bits per heavy atom. The van der Waals surface area contributed by atoms with Gasteiger partial charge >= 0.3 is 11.9 Å². The molecule has 2 unspecified atom stereocenters. The Labute approximate surface area is 169 Å². The van der Waals surface area contributed by atoms with Crippen LogP contribution >= 0.6 is 0 Å². The molecule has 2 fully saturated rings. The SMILES string of the molecule is CN1CC[C@@]23CCCC[C@@H]2[C@@H]1Cc1ccc(O)cc13.O=C(O)C(O)C(O)C(=O)O. The van der Waals surface area contributed by atoms with Gasteiger partial charge in [-0.15, -0.1) is 0 Å². The van der Waals surface area contributed by atoms with Crippen molar-refractivity contribution in [3.8, 4) is 5.75 Å². The molecule has 0 aromatic heterocycles. The number of hydrogen-bond donors (Lipinski definition) is 5. The number of aliphatic carboxylic acids is 2. The second-order valence-corrected chi connectivity index (χ2v) is 8.42. The fourth-order valence-electron chi connectivity index (χ4n) is 5.45. The number of phenols is 1. The number of fused-ring (bicyclic) bond motifs is 1. The van der Waals surface area contributed by atoms with Gasteiger partial charge in [-0.05, 0) is 68.5 Å². The lowest BCUT2D eigenvalue weighted by Gasteiger charge is -2.58. The molecule has 2 aliphatic carbocycles. The number of phenolic OH excluding ortho intramolecular Hbond substituents is 1. The highest BCUT2D eigenvalue weighted by Crippen LogP contribution is 2.55. The van der Waals surface area contributed by atoms with Gasteiger partial charge < -0.3 is 30.4 Å². The third kappa shape index (κ3) is 3.97. The number of likely N-dealkylation sites (tertiary alicyclic amines) is 1. The number of aliphatic hydroxyl groups is 2. The van der Waals surface area contributed by atoms with E-state index in [1.165, 1.54) is 56.2 Å². The van der Waals surface area contributed by atoms with Crippen molar-refractivity contribution in [1.29, 1.82) is 0 Å². The first-order valence-corrected chi connectivity index (χ1v) is 10.0. The number of nitrogens with zero attached hydrogens (tertiary/aromatic N) is 1. The second-order valence-electron chi connectivity index (χ2n) is 8.42. The Bertz CT molecular complexity index is 764. The van der Waals surface area contributed by atoms with E-state index in [0.717, 1.165) is 12.0 Å². The lowest BCUT2D eigenvalue weighted by Crippen LogP contribution is -2.59. The van der Waals surface area contributed by atoms with Crippen molar-refractivity contribution in [2.75, 3.05) is 13.6 Å². The van der Waals surface area contributed by atoms with E-state index in [9.17, 15) is 14.7 Å². The molecule has 1 heterocycles. The number of hydrogen-bond acceptors (Lipinski definition) is 6. The molecule has 0 radical (unpaired) electrons. The van der Waals surface area contributed by atoms with Gasteiger partial charge in [0.2, 0.25) is 0 Å². The molecule has 1 aliphatic heterocycles. The fourth-order valence-corrected chi connectivity index (χ4v) is 5.45. The predicted molar refractivity (Wildman–Crippen MR) is 104 cm³/mol. The minimum atomic E-state index is -2.27. The van der Waals surface area contributed by atoms with E-state index < -0.39 is 24.1 Å². The van der Waals surface area contributed by atoms with Gasteiger partial charge in [0.1, 0.15) is 5.75 Å². The molecular weight excluding hydrogens is 378 g/mol. The molecule has 29 heavy (non-hydrogen) atoms. The van der Waals surface area contributed by atoms with Crippen LogP contribution in [-0.2, 0) is 21.4 Å². The number of carboxylic acid groups (broad SMARTS) is 2. The number of piperidine rings is 1. The normalized spacial score (nSPS) is 30.0. The molecule has 4 rings (SSSR count). The summed E-state index contributed by atoms with van der Waals surface area (Å²) in [6.45, 7) is 1.22. The molecule has 8 heteroatoms. The first-order valence-electron chi connectivity index (χ1n) is 10.0. The second kappa shape index (κ2) is 8.30. The van der Waals surface area contributed by atoms with Crippen LogP contribution < -0.4 is 0 Å². The summed E-state index contributed by atoms with van der Waals surface area (Å²) in [6, 6.07) is 6.85. The van der Waals surface area contributed by atoms with Crippen LogP contribution in [-0.4, -0.2) is 74.2 Å². The average Bonchev–Trinajstić information content (AvgIpc) is 2.70. The van der Waals surface area contributed by atoms with Gasteiger partial charge in [-0.2, -0.15) is 0 Å². The van der Waals surface area contributed by atoms with Gasteiger partial charge in [-0.1, -0.05) is 18.9 Å². The summed E-state index contributed by atoms with van der Waals surface area (Å²) >= 11 is 0. The number of benzene rings is 1. The summed E-state index contributed by atoms with van der Waals surface area (Å²) in [5, 5.41) is 42.4. The molecule has 1 aromatic carbocycles. The van der Waals surface area contributed by atoms with Gasteiger partial charge in [0, 0.05) is 11.5 Å². The first-order chi connectivity index (χ1) is 13.7. The highest BCUT2D eigenvalue weighted by molar-refractivity contribution is 5.83. The number of rotatable bonds is 3. The zero-order valence-electron chi connectivity index (χ0n) is 16.5. The van der Waals surface area contributed by atoms with Crippen LogP contribution in [0.1, 0.15) is 43.2 Å². The molecule has 1 saturated carbocycles. The van der Waals surface area contributed by atoms with Crippen LogP contribution in [0.2, 0.25) is 0 Å². The van der Waals surface area contributed by atoms with E-state index in [2.05, 4.69) is 24.1 Å². The van der Waals surface area contributed by atoms with E-state index in [4.69, 9.17) is 20.4 Å². The minimum absolute atomic E-state index is 0.377. The maximum absolute atomic E-state index is 9.91. The van der Waals surface area contributed by atoms with Crippen LogP contribution in [0.3, 0.4) is 0 Å². The van der Waals surface area contributed by atoms with Crippen molar-refractivity contribution in [1.82, 2.24) is 4.90 Å². The highest BCUT2D eigenvalue weighted by Gasteiger charge is 2.53. The van der Waals surface area contributed by atoms with Crippen LogP contribution in [0, 0.1) is 5.92 Å². The quantitative estimate of drug-likeness (QED) is 0.499. The highest BCUT2D eigenvalue weighted by atomic mass is 16.4. The standard InChI is InChI=1S/C17H23NO.C4H6O6/c1-18-9-8-17-7-3-2-4-14(17)16(18)10-12-5-6-13(19)11-15(12)17;5-1(3(7)8)2(6)4(9)10/h5-6,11,14,16,19H,2-4,7-10H2,1H3;1-2,5-6H,(H,7,8)(H,9,10)/t14-,16+,17+;/m1./s1. The van der Waals surface area contributed by atoms with Crippen LogP contribution in [0.25, 0.3) is 0 Å². The lowest BCUT2D eigenvalue weighted by atomic mass is 9.52. The van der Waals surface area contributed by atoms with E-state index in [0.29, 0.717) is 11.2 Å². The van der Waals surface area contributed by atoms with Crippen molar-refractivity contribution >= 4 is 11.9 Å². The molecule has 5 atom stereocenters. The van der Waals surface area contributed by atoms with Gasteiger partial charge in [-0.25, -0.2) is 9.59 Å². The first kappa shape index (κ1) is 21.5. The number of aliphatic hydroxyl groups excluding tert-OH is 2. The molecule has 1 aromatic rings. The van der Waals surface area contributed by atoms with Crippen LogP contribution in [0.5, 0.6) is 5.75 Å². The molecule has 8 nitrogen and oxygen atoms in total. The van der Waals surface area contributed by atoms with Gasteiger partial charge in [-0.3, -0.25) is 0 Å². The third-order valence-electron chi connectivity index (χ3n) is 6.90. The monoisotopic (exact) mass is 407 g/mol. The van der Waals surface area contributed by atoms with Crippen molar-refractivity contribution in [3.63, 3.8) is 0 Å². The molecule has 5 N–H and O–H groups in total. The molecule has 2 bridgehead atoms. The molecular formula is C21H29NO7. The Morgan fingerprint density at radius 2 is 1.76 bits per heavy atom. The zero-order chi connectivity index (χ0) is 21.3. The van der Waals surface area contributed by atoms with Gasteiger partial charge in [0.15, 0.2) is 12.2 Å². The van der Waals surface area contributed by atoms with Crippen molar-refractivity contribution in [2.24, 2.45) is 5.92 Å². The molecule has 3 aliphatic rings. The molecule has 1 saturated heterocycles. The zero-order valence-corrected chi connectivity index (χ0v) is 16.5. The Balaban J connectivity index is 0.000000207. The maximum atomic E-state index is 9.91. The van der Waals surface area contributed by atoms with Crippen molar-refractivity contribution in [3.05, 3.63) is 29.3 Å². The fraction of sp³-hybridized carbons (Fsp3) is 0.619. The maximum Gasteiger partial charge on any atom is 0.335 e. The topological polar surface area (TPSA) is 139 Å². The van der Waals surface area contributed by atoms with Crippen molar-refractivity contribution in [2.45, 2.75) is 62.2 Å². The molecule has 0 spiro atoms. The number of aromatic hydroxyl groups is 1. The summed E-state index contributed by atoms with van der Waals surface area (Å²) in [7, 11) is 2.30. The average molecular weight is 407 g/mol. The van der Waals surface area contributed by atoms with E-state index >= 15 is 0 Å². The van der Waals surface area contributed by atoms with Crippen LogP contribution in [0.15, 0.2) is 18.2 Å². The number of carbonyl (C=O) groups is 2. The summed E-state index contributed by atoms with van der Waals surface area (Å²) < 4.78 is 0. The van der Waals surface area contributed by atoms with Crippen LogP contribution in [0.4, 0.5) is 0 Å².